The summed E-state index contributed by atoms with van der Waals surface area (Å²) in [6.45, 7) is 8.32. The van der Waals surface area contributed by atoms with Crippen molar-refractivity contribution in [2.75, 3.05) is 5.32 Å². The van der Waals surface area contributed by atoms with Gasteiger partial charge in [0.05, 0.1) is 18.2 Å². The number of aromatic nitrogens is 2. The Balaban J connectivity index is 1.65. The average Bonchev–Trinajstić information content (AvgIpc) is 3.40. The lowest BCUT2D eigenvalue weighted by atomic mass is 9.60. The summed E-state index contributed by atoms with van der Waals surface area (Å²) in [5.74, 6) is -0.362. The summed E-state index contributed by atoms with van der Waals surface area (Å²) < 4.78 is 0. The normalized spacial score (nSPS) is 29.2. The van der Waals surface area contributed by atoms with Gasteiger partial charge in [0.15, 0.2) is 0 Å². The lowest BCUT2D eigenvalue weighted by molar-refractivity contribution is -0.141. The number of benzene rings is 1. The zero-order valence-corrected chi connectivity index (χ0v) is 16.4. The molecule has 2 fully saturated rings. The lowest BCUT2D eigenvalue weighted by Gasteiger charge is -2.43. The number of carbonyl (C=O) groups excluding carboxylic acids is 2. The Kier molecular flexibility index (Phi) is 3.56. The second kappa shape index (κ2) is 5.83. The molecule has 1 aromatic heterocycles. The van der Waals surface area contributed by atoms with Crippen molar-refractivity contribution in [3.05, 3.63) is 66.4 Å². The van der Waals surface area contributed by atoms with Crippen molar-refractivity contribution in [1.82, 2.24) is 20.2 Å². The van der Waals surface area contributed by atoms with Crippen molar-refractivity contribution in [2.24, 2.45) is 5.41 Å². The van der Waals surface area contributed by atoms with Gasteiger partial charge in [-0.05, 0) is 29.5 Å². The Morgan fingerprint density at radius 1 is 1.31 bits per heavy atom. The first kappa shape index (κ1) is 17.7. The van der Waals surface area contributed by atoms with Gasteiger partial charge in [0, 0.05) is 11.1 Å². The molecule has 3 atom stereocenters. The van der Waals surface area contributed by atoms with Crippen LogP contribution in [-0.2, 0) is 15.0 Å². The Morgan fingerprint density at radius 3 is 2.83 bits per heavy atom. The van der Waals surface area contributed by atoms with E-state index in [9.17, 15) is 9.59 Å². The van der Waals surface area contributed by atoms with Gasteiger partial charge in [0.25, 0.3) is 5.91 Å². The first-order valence-electron chi connectivity index (χ1n) is 9.72. The summed E-state index contributed by atoms with van der Waals surface area (Å²) in [5, 5.41) is 6.34. The summed E-state index contributed by atoms with van der Waals surface area (Å²) in [4.78, 5) is 35.1. The van der Waals surface area contributed by atoms with Gasteiger partial charge in [0.2, 0.25) is 5.91 Å². The van der Waals surface area contributed by atoms with Crippen molar-refractivity contribution in [2.45, 2.75) is 37.9 Å². The third kappa shape index (κ3) is 2.21. The van der Waals surface area contributed by atoms with Gasteiger partial charge in [0.1, 0.15) is 17.9 Å². The number of amides is 2. The van der Waals surface area contributed by atoms with Crippen LogP contribution in [0.3, 0.4) is 0 Å². The maximum absolute atomic E-state index is 13.5. The lowest BCUT2D eigenvalue weighted by Crippen LogP contribution is -2.59. The summed E-state index contributed by atoms with van der Waals surface area (Å²) in [7, 11) is 0. The SMILES string of the molecule is C=CC(C)(C)[C@]12C[C@@H]3C(=O)N/C(=C/c4cnc[nH]4)C(=O)N3[C@@H]1Nc1ccccc12. The summed E-state index contributed by atoms with van der Waals surface area (Å²) in [6.07, 6.45) is 6.91. The molecule has 3 aliphatic heterocycles. The minimum atomic E-state index is -0.536. The fourth-order valence-corrected chi connectivity index (χ4v) is 5.16. The van der Waals surface area contributed by atoms with Crippen molar-refractivity contribution in [3.8, 4) is 0 Å². The van der Waals surface area contributed by atoms with Gasteiger partial charge in [-0.25, -0.2) is 4.98 Å². The molecule has 0 unspecified atom stereocenters. The predicted molar refractivity (Wildman–Crippen MR) is 109 cm³/mol. The van der Waals surface area contributed by atoms with Crippen LogP contribution in [0, 0.1) is 5.41 Å². The highest BCUT2D eigenvalue weighted by atomic mass is 16.2. The van der Waals surface area contributed by atoms with Crippen LogP contribution in [0.4, 0.5) is 5.69 Å². The average molecular weight is 389 g/mol. The quantitative estimate of drug-likeness (QED) is 0.555. The van der Waals surface area contributed by atoms with Crippen LogP contribution in [-0.4, -0.2) is 38.9 Å². The monoisotopic (exact) mass is 389 g/mol. The molecule has 0 radical (unpaired) electrons. The number of aromatic amines is 1. The van der Waals surface area contributed by atoms with Crippen LogP contribution in [0.2, 0.25) is 0 Å². The second-order valence-electron chi connectivity index (χ2n) is 8.48. The molecule has 1 aromatic carbocycles. The number of fused-ring (bicyclic) bond motifs is 5. The molecular formula is C22H23N5O2. The highest BCUT2D eigenvalue weighted by Gasteiger charge is 2.66. The van der Waals surface area contributed by atoms with E-state index < -0.39 is 11.5 Å². The fourth-order valence-electron chi connectivity index (χ4n) is 5.16. The number of para-hydroxylation sites is 1. The molecule has 2 amide bonds. The Labute approximate surface area is 168 Å². The molecule has 3 N–H and O–H groups in total. The fraction of sp³-hybridized carbons (Fsp3) is 0.318. The molecule has 148 valence electrons. The van der Waals surface area contributed by atoms with Crippen LogP contribution in [0.15, 0.2) is 55.1 Å². The van der Waals surface area contributed by atoms with Gasteiger partial charge in [-0.3, -0.25) is 9.59 Å². The first-order chi connectivity index (χ1) is 13.9. The van der Waals surface area contributed by atoms with E-state index in [0.717, 1.165) is 11.3 Å². The molecule has 7 heteroatoms. The molecule has 29 heavy (non-hydrogen) atoms. The van der Waals surface area contributed by atoms with Crippen LogP contribution in [0.25, 0.3) is 6.08 Å². The number of anilines is 1. The van der Waals surface area contributed by atoms with Gasteiger partial charge < -0.3 is 20.5 Å². The summed E-state index contributed by atoms with van der Waals surface area (Å²) >= 11 is 0. The topological polar surface area (TPSA) is 90.1 Å². The minimum absolute atomic E-state index is 0.164. The van der Waals surface area contributed by atoms with Gasteiger partial charge in [-0.1, -0.05) is 38.1 Å². The van der Waals surface area contributed by atoms with Crippen molar-refractivity contribution >= 4 is 23.6 Å². The van der Waals surface area contributed by atoms with E-state index in [2.05, 4.69) is 47.1 Å². The number of allylic oxidation sites excluding steroid dienone is 1. The number of rotatable bonds is 3. The Bertz CT molecular complexity index is 1050. The number of nitrogens with one attached hydrogen (secondary N) is 3. The van der Waals surface area contributed by atoms with E-state index in [1.54, 1.807) is 17.2 Å². The summed E-state index contributed by atoms with van der Waals surface area (Å²) in [5.41, 5.74) is 2.24. The minimum Gasteiger partial charge on any atom is -0.364 e. The number of hydrogen-bond donors (Lipinski definition) is 3. The third-order valence-corrected chi connectivity index (χ3v) is 6.80. The molecule has 4 heterocycles. The molecule has 0 aliphatic carbocycles. The van der Waals surface area contributed by atoms with E-state index in [-0.39, 0.29) is 29.1 Å². The zero-order valence-electron chi connectivity index (χ0n) is 16.4. The maximum Gasteiger partial charge on any atom is 0.272 e. The Hall–Kier alpha value is -3.35. The molecule has 0 spiro atoms. The number of piperazine rings is 1. The number of nitrogens with zero attached hydrogens (tertiary/aromatic N) is 2. The van der Waals surface area contributed by atoms with Crippen molar-refractivity contribution in [1.29, 1.82) is 0 Å². The van der Waals surface area contributed by atoms with Gasteiger partial charge >= 0.3 is 0 Å². The standard InChI is InChI=1S/C22H23N5O2/c1-4-21(2,3)22-10-17-18(28)25-16(9-13-11-23-12-24-13)19(29)27(17)20(22)26-15-8-6-5-7-14(15)22/h4-9,11-12,17,20,26H,1,10H2,2-3H3,(H,23,24)(H,25,28)/b16-9+/t17-,20+,22+/m1/s1. The van der Waals surface area contributed by atoms with E-state index in [4.69, 9.17) is 0 Å². The number of hydrogen-bond acceptors (Lipinski definition) is 4. The van der Waals surface area contributed by atoms with Crippen LogP contribution >= 0.6 is 0 Å². The molecule has 3 aliphatic rings. The molecule has 2 aromatic rings. The predicted octanol–water partition coefficient (Wildman–Crippen LogP) is 2.38. The van der Waals surface area contributed by atoms with E-state index in [0.29, 0.717) is 12.1 Å². The highest BCUT2D eigenvalue weighted by Crippen LogP contribution is 2.60. The van der Waals surface area contributed by atoms with E-state index in [1.807, 2.05) is 24.3 Å². The van der Waals surface area contributed by atoms with E-state index in [1.165, 1.54) is 6.33 Å². The second-order valence-corrected chi connectivity index (χ2v) is 8.48. The first-order valence-corrected chi connectivity index (χ1v) is 9.72. The Morgan fingerprint density at radius 2 is 2.10 bits per heavy atom. The van der Waals surface area contributed by atoms with Crippen molar-refractivity contribution in [3.63, 3.8) is 0 Å². The zero-order chi connectivity index (χ0) is 20.4. The highest BCUT2D eigenvalue weighted by molar-refractivity contribution is 6.08. The molecule has 5 rings (SSSR count). The van der Waals surface area contributed by atoms with E-state index >= 15 is 0 Å². The molecule has 7 nitrogen and oxygen atoms in total. The van der Waals surface area contributed by atoms with Crippen LogP contribution < -0.4 is 10.6 Å². The summed E-state index contributed by atoms with van der Waals surface area (Å²) in [6, 6.07) is 7.57. The molecular weight excluding hydrogens is 366 g/mol. The number of carbonyl (C=O) groups is 2. The van der Waals surface area contributed by atoms with Crippen LogP contribution in [0.1, 0.15) is 31.5 Å². The molecule has 0 saturated carbocycles. The molecule has 0 bridgehead atoms. The largest absolute Gasteiger partial charge is 0.364 e. The van der Waals surface area contributed by atoms with Crippen molar-refractivity contribution < 1.29 is 9.59 Å². The number of imidazole rings is 1. The van der Waals surface area contributed by atoms with Crippen LogP contribution in [0.5, 0.6) is 0 Å². The molecule has 2 saturated heterocycles. The van der Waals surface area contributed by atoms with Gasteiger partial charge in [-0.15, -0.1) is 6.58 Å². The number of H-pyrrole nitrogens is 1. The van der Waals surface area contributed by atoms with Gasteiger partial charge in [-0.2, -0.15) is 0 Å². The smallest absolute Gasteiger partial charge is 0.272 e. The third-order valence-electron chi connectivity index (χ3n) is 6.80. The maximum atomic E-state index is 13.5.